The molecule has 2 aliphatic heterocycles. The molecule has 4 aliphatic rings. The molecule has 46 heavy (non-hydrogen) atoms. The first kappa shape index (κ1) is 33.7. The van der Waals surface area contributed by atoms with Crippen LogP contribution in [0.5, 0.6) is 11.5 Å². The van der Waals surface area contributed by atoms with Crippen LogP contribution in [0.1, 0.15) is 70.9 Å². The largest absolute Gasteiger partial charge is 0.493 e. The number of likely N-dealkylation sites (N-methyl/N-ethyl adjacent to an activating group) is 1. The Morgan fingerprint density at radius 1 is 1.02 bits per heavy atom. The minimum Gasteiger partial charge on any atom is -0.493 e. The summed E-state index contributed by atoms with van der Waals surface area (Å²) in [7, 11) is 3.57. The van der Waals surface area contributed by atoms with E-state index in [1.165, 1.54) is 0 Å². The predicted octanol–water partition coefficient (Wildman–Crippen LogP) is 3.00. The highest BCUT2D eigenvalue weighted by Gasteiger charge is 2.72. The van der Waals surface area contributed by atoms with Crippen molar-refractivity contribution in [2.45, 2.75) is 95.5 Å². The first-order valence-corrected chi connectivity index (χ1v) is 16.0. The zero-order valence-corrected chi connectivity index (χ0v) is 27.5. The van der Waals surface area contributed by atoms with E-state index in [0.717, 1.165) is 17.7 Å². The van der Waals surface area contributed by atoms with E-state index in [1.54, 1.807) is 13.2 Å². The number of piperidine rings is 1. The lowest BCUT2D eigenvalue weighted by Gasteiger charge is -2.61. The molecule has 0 unspecified atom stereocenters. The molecule has 1 aromatic rings. The second-order valence-electron chi connectivity index (χ2n) is 13.5. The third kappa shape index (κ3) is 6.09. The number of hydrogen-bond acceptors (Lipinski definition) is 12. The predicted molar refractivity (Wildman–Crippen MR) is 163 cm³/mol. The number of nitrogens with zero attached hydrogens (tertiary/aromatic N) is 1. The van der Waals surface area contributed by atoms with Crippen LogP contribution in [0, 0.1) is 11.8 Å². The molecule has 1 fully saturated rings. The summed E-state index contributed by atoms with van der Waals surface area (Å²) in [6.07, 6.45) is -0.302. The first-order valence-electron chi connectivity index (χ1n) is 16.0. The van der Waals surface area contributed by atoms with Gasteiger partial charge in [-0.05, 0) is 56.0 Å². The number of likely N-dealkylation sites (tertiary alicyclic amines) is 1. The molecule has 2 aliphatic carbocycles. The van der Waals surface area contributed by atoms with Gasteiger partial charge < -0.3 is 38.4 Å². The van der Waals surface area contributed by atoms with Gasteiger partial charge in [-0.2, -0.15) is 0 Å². The van der Waals surface area contributed by atoms with Gasteiger partial charge in [0.05, 0.1) is 50.6 Å². The summed E-state index contributed by atoms with van der Waals surface area (Å²) in [5, 5.41) is 12.3. The van der Waals surface area contributed by atoms with Gasteiger partial charge in [-0.25, -0.2) is 4.79 Å². The summed E-state index contributed by atoms with van der Waals surface area (Å²) in [6, 6.07) is 3.73. The smallest absolute Gasteiger partial charge is 0.348 e. The van der Waals surface area contributed by atoms with Crippen molar-refractivity contribution in [3.05, 3.63) is 35.1 Å². The minimum absolute atomic E-state index is 0.0333. The molecule has 1 N–H and O–H groups in total. The van der Waals surface area contributed by atoms with Crippen molar-refractivity contribution in [2.75, 3.05) is 33.9 Å². The third-order valence-electron chi connectivity index (χ3n) is 9.35. The lowest BCUT2D eigenvalue weighted by atomic mass is 9.50. The monoisotopic (exact) mass is 643 g/mol. The number of aliphatic hydroxyl groups is 1. The van der Waals surface area contributed by atoms with Gasteiger partial charge >= 0.3 is 23.9 Å². The van der Waals surface area contributed by atoms with Gasteiger partial charge in [0.2, 0.25) is 6.10 Å². The van der Waals surface area contributed by atoms with Gasteiger partial charge in [0.15, 0.2) is 17.6 Å². The third-order valence-corrected chi connectivity index (χ3v) is 9.35. The summed E-state index contributed by atoms with van der Waals surface area (Å²) >= 11 is 0. The fourth-order valence-electron chi connectivity index (χ4n) is 7.18. The number of ether oxygens (including phenoxy) is 6. The van der Waals surface area contributed by atoms with Crippen molar-refractivity contribution < 1.29 is 52.7 Å². The SMILES string of the molecule is COc1ccc2c3c1O[C@H]1C(OC(=O)CCC(=O)O[C@@H](CC(=O)OCC(C)C)C(=O)OCC(C)C)=CC[C@@]4(O)[C@@H](C2)N(C)CC[C@]314. The minimum atomic E-state index is -1.50. The zero-order valence-electron chi connectivity index (χ0n) is 27.5. The molecule has 0 radical (unpaired) electrons. The maximum absolute atomic E-state index is 13.1. The molecular formula is C34H45NO11. The molecule has 0 amide bonds. The zero-order chi connectivity index (χ0) is 33.4. The van der Waals surface area contributed by atoms with Crippen LogP contribution in [0.2, 0.25) is 0 Å². The lowest BCUT2D eigenvalue weighted by molar-refractivity contribution is -0.173. The standard InChI is InChI=1S/C34H45NO11/c1-19(2)17-42-28(38)16-24(32(39)43-18-20(3)4)45-27(37)10-9-26(36)44-23-11-12-34(40)25-15-21-7-8-22(41-6)30-29(21)33(34,31(23)46-30)13-14-35(25)5/h7-8,11,19-20,24-25,31,40H,9-10,12-18H2,1-6H3/t24-,25+,31-,33-,34+/m0/s1. The van der Waals surface area contributed by atoms with Crippen LogP contribution in [-0.2, 0) is 50.0 Å². The molecular weight excluding hydrogens is 598 g/mol. The van der Waals surface area contributed by atoms with Crippen molar-refractivity contribution in [1.29, 1.82) is 0 Å². The number of carbonyl (C=O) groups excluding carboxylic acids is 4. The molecule has 1 aromatic carbocycles. The van der Waals surface area contributed by atoms with Crippen molar-refractivity contribution in [3.63, 3.8) is 0 Å². The number of esters is 4. The molecule has 5 atom stereocenters. The highest BCUT2D eigenvalue weighted by Crippen LogP contribution is 2.65. The molecule has 0 aromatic heterocycles. The highest BCUT2D eigenvalue weighted by molar-refractivity contribution is 5.85. The van der Waals surface area contributed by atoms with E-state index in [2.05, 4.69) is 4.90 Å². The Bertz CT molecular complexity index is 1400. The van der Waals surface area contributed by atoms with Gasteiger partial charge in [0, 0.05) is 18.0 Å². The van der Waals surface area contributed by atoms with Crippen LogP contribution in [0.4, 0.5) is 0 Å². The molecule has 1 saturated heterocycles. The maximum atomic E-state index is 13.1. The number of carbonyl (C=O) groups is 4. The molecule has 12 heteroatoms. The molecule has 0 saturated carbocycles. The van der Waals surface area contributed by atoms with Crippen LogP contribution in [0.25, 0.3) is 0 Å². The Labute approximate surface area is 269 Å². The number of benzene rings is 1. The van der Waals surface area contributed by atoms with Crippen molar-refractivity contribution in [2.24, 2.45) is 11.8 Å². The van der Waals surface area contributed by atoms with E-state index in [4.69, 9.17) is 28.4 Å². The molecule has 252 valence electrons. The fraction of sp³-hybridized carbons (Fsp3) is 0.647. The topological polar surface area (TPSA) is 147 Å². The van der Waals surface area contributed by atoms with Crippen LogP contribution in [0.3, 0.4) is 0 Å². The summed E-state index contributed by atoms with van der Waals surface area (Å²) in [5.41, 5.74) is 0.00376. The van der Waals surface area contributed by atoms with Gasteiger partial charge in [0.1, 0.15) is 5.76 Å². The summed E-state index contributed by atoms with van der Waals surface area (Å²) < 4.78 is 33.6. The van der Waals surface area contributed by atoms with E-state index >= 15 is 0 Å². The van der Waals surface area contributed by atoms with Gasteiger partial charge in [0.25, 0.3) is 0 Å². The normalized spacial score (nSPS) is 26.4. The van der Waals surface area contributed by atoms with Crippen LogP contribution < -0.4 is 9.47 Å². The lowest BCUT2D eigenvalue weighted by Crippen LogP contribution is -2.74. The fourth-order valence-corrected chi connectivity index (χ4v) is 7.18. The Balaban J connectivity index is 1.26. The van der Waals surface area contributed by atoms with Gasteiger partial charge in [-0.15, -0.1) is 0 Å². The van der Waals surface area contributed by atoms with E-state index in [-0.39, 0.29) is 49.7 Å². The average molecular weight is 644 g/mol. The van der Waals surface area contributed by atoms with Crippen LogP contribution in [-0.4, -0.2) is 91.7 Å². The average Bonchev–Trinajstić information content (AvgIpc) is 3.36. The summed E-state index contributed by atoms with van der Waals surface area (Å²) in [4.78, 5) is 53.0. The van der Waals surface area contributed by atoms with Crippen molar-refractivity contribution >= 4 is 23.9 Å². The quantitative estimate of drug-likeness (QED) is 0.249. The molecule has 12 nitrogen and oxygen atoms in total. The second-order valence-corrected chi connectivity index (χ2v) is 13.5. The molecule has 2 bridgehead atoms. The number of methoxy groups -OCH3 is 1. The molecule has 2 heterocycles. The Morgan fingerprint density at radius 2 is 1.72 bits per heavy atom. The van der Waals surface area contributed by atoms with E-state index in [0.29, 0.717) is 24.3 Å². The van der Waals surface area contributed by atoms with Crippen molar-refractivity contribution in [1.82, 2.24) is 4.90 Å². The summed E-state index contributed by atoms with van der Waals surface area (Å²) in [6.45, 7) is 8.41. The van der Waals surface area contributed by atoms with Gasteiger partial charge in [-0.3, -0.25) is 14.4 Å². The maximum Gasteiger partial charge on any atom is 0.348 e. The van der Waals surface area contributed by atoms with Crippen molar-refractivity contribution in [3.8, 4) is 11.5 Å². The second kappa shape index (κ2) is 13.2. The highest BCUT2D eigenvalue weighted by atomic mass is 16.6. The van der Waals surface area contributed by atoms with Gasteiger partial charge in [-0.1, -0.05) is 33.8 Å². The van der Waals surface area contributed by atoms with Crippen LogP contribution in [0.15, 0.2) is 24.0 Å². The van der Waals surface area contributed by atoms with E-state index in [1.807, 2.05) is 46.9 Å². The van der Waals surface area contributed by atoms with E-state index in [9.17, 15) is 24.3 Å². The van der Waals surface area contributed by atoms with E-state index < -0.39 is 59.9 Å². The first-order chi connectivity index (χ1) is 21.8. The Morgan fingerprint density at radius 3 is 2.41 bits per heavy atom. The van der Waals surface area contributed by atoms with Crippen LogP contribution >= 0.6 is 0 Å². The molecule has 5 rings (SSSR count). The number of hydrogen-bond donors (Lipinski definition) is 1. The Kier molecular flexibility index (Phi) is 9.70. The Hall–Kier alpha value is -3.64. The number of rotatable bonds is 13. The molecule has 1 spiro atoms. The summed E-state index contributed by atoms with van der Waals surface area (Å²) in [5.74, 6) is -1.63.